The lowest BCUT2D eigenvalue weighted by Gasteiger charge is -2.31. The molecule has 0 aromatic carbocycles. The lowest BCUT2D eigenvalue weighted by atomic mass is 9.86. The van der Waals surface area contributed by atoms with Crippen LogP contribution in [-0.2, 0) is 14.3 Å². The zero-order valence-electron chi connectivity index (χ0n) is 13.3. The van der Waals surface area contributed by atoms with Crippen LogP contribution < -0.4 is 4.90 Å². The lowest BCUT2D eigenvalue weighted by Crippen LogP contribution is -2.43. The van der Waals surface area contributed by atoms with Gasteiger partial charge in [0.05, 0.1) is 12.8 Å². The maximum absolute atomic E-state index is 13.3. The summed E-state index contributed by atoms with van der Waals surface area (Å²) in [5.74, 6) is -4.98. The molecule has 1 fully saturated rings. The molecule has 0 radical (unpaired) electrons. The fourth-order valence-corrected chi connectivity index (χ4v) is 2.64. The van der Waals surface area contributed by atoms with E-state index in [-0.39, 0.29) is 38.1 Å². The minimum Gasteiger partial charge on any atom is -0.465 e. The molecule has 1 aromatic heterocycles. The van der Waals surface area contributed by atoms with Gasteiger partial charge in [0.25, 0.3) is 0 Å². The average molecular weight is 344 g/mol. The van der Waals surface area contributed by atoms with Crippen molar-refractivity contribution in [3.63, 3.8) is 0 Å². The van der Waals surface area contributed by atoms with Gasteiger partial charge in [0.15, 0.2) is 0 Å². The van der Waals surface area contributed by atoms with Crippen LogP contribution in [0, 0.1) is 11.7 Å². The number of rotatable bonds is 5. The van der Waals surface area contributed by atoms with Gasteiger partial charge >= 0.3 is 5.97 Å². The van der Waals surface area contributed by atoms with E-state index in [1.165, 1.54) is 6.07 Å². The third-order valence-corrected chi connectivity index (χ3v) is 3.91. The highest BCUT2D eigenvalue weighted by Crippen LogP contribution is 2.37. The molecule has 1 aliphatic carbocycles. The van der Waals surface area contributed by atoms with Crippen LogP contribution in [0.5, 0.6) is 0 Å². The molecule has 1 aromatic rings. The Bertz CT molecular complexity index is 583. The number of hydrogen-bond donors (Lipinski definition) is 0. The first-order valence-electron chi connectivity index (χ1n) is 7.79. The van der Waals surface area contributed by atoms with Crippen molar-refractivity contribution in [3.8, 4) is 0 Å². The van der Waals surface area contributed by atoms with Gasteiger partial charge in [-0.1, -0.05) is 0 Å². The number of alkyl halides is 2. The summed E-state index contributed by atoms with van der Waals surface area (Å²) in [5.41, 5.74) is 0. The molecular formula is C16H19F3N2O3. The second kappa shape index (κ2) is 7.63. The van der Waals surface area contributed by atoms with Crippen LogP contribution >= 0.6 is 0 Å². The molecule has 0 unspecified atom stereocenters. The van der Waals surface area contributed by atoms with Crippen LogP contribution in [0.25, 0.3) is 0 Å². The smallest absolute Gasteiger partial charge is 0.326 e. The van der Waals surface area contributed by atoms with Gasteiger partial charge in [0.2, 0.25) is 11.8 Å². The summed E-state index contributed by atoms with van der Waals surface area (Å²) >= 11 is 0. The molecule has 8 heteroatoms. The van der Waals surface area contributed by atoms with Crippen LogP contribution in [0.2, 0.25) is 0 Å². The van der Waals surface area contributed by atoms with Gasteiger partial charge < -0.3 is 4.74 Å². The number of anilines is 1. The van der Waals surface area contributed by atoms with E-state index in [9.17, 15) is 22.8 Å². The number of amides is 1. The van der Waals surface area contributed by atoms with E-state index in [1.54, 1.807) is 6.92 Å². The van der Waals surface area contributed by atoms with Gasteiger partial charge in [0.1, 0.15) is 18.2 Å². The third-order valence-electron chi connectivity index (χ3n) is 3.91. The van der Waals surface area contributed by atoms with Gasteiger partial charge in [-0.2, -0.15) is 0 Å². The fraction of sp³-hybridized carbons (Fsp3) is 0.562. The third kappa shape index (κ3) is 4.69. The molecule has 0 spiro atoms. The van der Waals surface area contributed by atoms with Crippen LogP contribution in [0.15, 0.2) is 18.3 Å². The van der Waals surface area contributed by atoms with Crippen molar-refractivity contribution in [1.82, 2.24) is 4.98 Å². The lowest BCUT2D eigenvalue weighted by molar-refractivity contribution is -0.143. The molecule has 0 saturated heterocycles. The summed E-state index contributed by atoms with van der Waals surface area (Å²) < 4.78 is 44.4. The Hall–Kier alpha value is -2.12. The van der Waals surface area contributed by atoms with Gasteiger partial charge in [-0.15, -0.1) is 0 Å². The zero-order valence-corrected chi connectivity index (χ0v) is 13.3. The Morgan fingerprint density at radius 2 is 2.00 bits per heavy atom. The molecule has 5 nitrogen and oxygen atoms in total. The van der Waals surface area contributed by atoms with Crippen molar-refractivity contribution < 1.29 is 27.5 Å². The van der Waals surface area contributed by atoms with Gasteiger partial charge in [-0.3, -0.25) is 14.5 Å². The monoisotopic (exact) mass is 344 g/mol. The number of hydrogen-bond acceptors (Lipinski definition) is 4. The van der Waals surface area contributed by atoms with E-state index < -0.39 is 36.1 Å². The molecule has 1 saturated carbocycles. The Morgan fingerprint density at radius 1 is 1.33 bits per heavy atom. The molecule has 24 heavy (non-hydrogen) atoms. The number of esters is 1. The summed E-state index contributed by atoms with van der Waals surface area (Å²) in [6, 6.07) is 2.38. The highest BCUT2D eigenvalue weighted by Gasteiger charge is 2.39. The molecule has 2 rings (SSSR count). The molecule has 0 aliphatic heterocycles. The summed E-state index contributed by atoms with van der Waals surface area (Å²) in [6.45, 7) is 1.38. The van der Waals surface area contributed by atoms with Crippen LogP contribution in [-0.4, -0.2) is 35.9 Å². The van der Waals surface area contributed by atoms with E-state index in [4.69, 9.17) is 4.74 Å². The van der Waals surface area contributed by atoms with Crippen LogP contribution in [0.4, 0.5) is 19.0 Å². The first kappa shape index (κ1) is 18.2. The Labute approximate surface area is 137 Å². The highest BCUT2D eigenvalue weighted by molar-refractivity contribution is 5.98. The van der Waals surface area contributed by atoms with Gasteiger partial charge in [-0.05, 0) is 31.9 Å². The Morgan fingerprint density at radius 3 is 2.54 bits per heavy atom. The Kier molecular flexibility index (Phi) is 5.80. The summed E-state index contributed by atoms with van der Waals surface area (Å²) in [6.07, 6.45) is 0.259. The molecule has 0 bridgehead atoms. The number of pyridine rings is 1. The molecule has 0 N–H and O–H groups in total. The summed E-state index contributed by atoms with van der Waals surface area (Å²) in [4.78, 5) is 29.3. The van der Waals surface area contributed by atoms with Gasteiger partial charge in [0, 0.05) is 18.8 Å². The Balaban J connectivity index is 2.16. The molecule has 1 aliphatic rings. The largest absolute Gasteiger partial charge is 0.465 e. The fourth-order valence-electron chi connectivity index (χ4n) is 2.64. The molecule has 0 atom stereocenters. The van der Waals surface area contributed by atoms with Crippen molar-refractivity contribution in [2.24, 2.45) is 5.92 Å². The maximum Gasteiger partial charge on any atom is 0.326 e. The average Bonchev–Trinajstić information content (AvgIpc) is 2.53. The minimum atomic E-state index is -2.75. The van der Waals surface area contributed by atoms with Crippen LogP contribution in [0.1, 0.15) is 32.6 Å². The number of halogens is 3. The zero-order chi connectivity index (χ0) is 17.7. The van der Waals surface area contributed by atoms with Crippen molar-refractivity contribution in [1.29, 1.82) is 0 Å². The van der Waals surface area contributed by atoms with Crippen molar-refractivity contribution in [2.75, 3.05) is 18.1 Å². The van der Waals surface area contributed by atoms with Crippen LogP contribution in [0.3, 0.4) is 0 Å². The van der Waals surface area contributed by atoms with E-state index in [0.717, 1.165) is 17.2 Å². The number of carbonyl (C=O) groups excluding carboxylic acids is 2. The van der Waals surface area contributed by atoms with E-state index >= 15 is 0 Å². The number of aromatic nitrogens is 1. The standard InChI is InChI=1S/C16H19F3N2O3/c1-2-24-14(22)10-21(13-4-3-12(17)9-20-13)15(23)11-5-7-16(18,19)8-6-11/h3-4,9,11H,2,5-8,10H2,1H3. The topological polar surface area (TPSA) is 59.5 Å². The number of carbonyl (C=O) groups is 2. The minimum absolute atomic E-state index is 0.0341. The second-order valence-corrected chi connectivity index (χ2v) is 5.69. The van der Waals surface area contributed by atoms with Crippen molar-refractivity contribution in [3.05, 3.63) is 24.1 Å². The van der Waals surface area contributed by atoms with Gasteiger partial charge in [-0.25, -0.2) is 18.2 Å². The second-order valence-electron chi connectivity index (χ2n) is 5.69. The first-order valence-corrected chi connectivity index (χ1v) is 7.79. The number of ether oxygens (including phenoxy) is 1. The maximum atomic E-state index is 13.3. The summed E-state index contributed by atoms with van der Waals surface area (Å²) in [5, 5.41) is 0. The molecular weight excluding hydrogens is 325 g/mol. The predicted molar refractivity (Wildman–Crippen MR) is 80.1 cm³/mol. The van der Waals surface area contributed by atoms with Crippen molar-refractivity contribution in [2.45, 2.75) is 38.5 Å². The van der Waals surface area contributed by atoms with E-state index in [2.05, 4.69) is 4.98 Å². The summed E-state index contributed by atoms with van der Waals surface area (Å²) in [7, 11) is 0. The van der Waals surface area contributed by atoms with Crippen molar-refractivity contribution >= 4 is 17.7 Å². The quantitative estimate of drug-likeness (QED) is 0.771. The first-order chi connectivity index (χ1) is 11.3. The predicted octanol–water partition coefficient (Wildman–Crippen LogP) is 2.94. The SMILES string of the molecule is CCOC(=O)CN(C(=O)C1CCC(F)(F)CC1)c1ccc(F)cn1. The highest BCUT2D eigenvalue weighted by atomic mass is 19.3. The molecule has 1 heterocycles. The number of nitrogens with zero attached hydrogens (tertiary/aromatic N) is 2. The molecule has 132 valence electrons. The van der Waals surface area contributed by atoms with E-state index in [1.807, 2.05) is 0 Å². The van der Waals surface area contributed by atoms with E-state index in [0.29, 0.717) is 0 Å². The normalized spacial score (nSPS) is 17.3. The molecule has 1 amide bonds.